The number of ether oxygens (including phenoxy) is 1. The normalized spacial score (nSPS) is 14.8. The van der Waals surface area contributed by atoms with E-state index in [0.717, 1.165) is 23.9 Å². The number of rotatable bonds is 5. The lowest BCUT2D eigenvalue weighted by Gasteiger charge is -2.26. The lowest BCUT2D eigenvalue weighted by molar-refractivity contribution is -0.137. The molecule has 3 heterocycles. The van der Waals surface area contributed by atoms with Crippen LogP contribution in [0.5, 0.6) is 0 Å². The smallest absolute Gasteiger partial charge is 0.416 e. The van der Waals surface area contributed by atoms with E-state index in [1.165, 1.54) is 23.0 Å². The van der Waals surface area contributed by atoms with Crippen molar-refractivity contribution in [3.05, 3.63) is 48.2 Å². The zero-order valence-electron chi connectivity index (χ0n) is 15.6. The highest BCUT2D eigenvalue weighted by molar-refractivity contribution is 7.99. The van der Waals surface area contributed by atoms with E-state index in [2.05, 4.69) is 10.2 Å². The van der Waals surface area contributed by atoms with Crippen LogP contribution in [-0.2, 0) is 15.7 Å². The van der Waals surface area contributed by atoms with E-state index in [4.69, 9.17) is 9.15 Å². The first kappa shape index (κ1) is 20.5. The number of thioether (sulfide) groups is 1. The molecule has 3 aromatic rings. The van der Waals surface area contributed by atoms with Crippen LogP contribution in [0.2, 0.25) is 0 Å². The van der Waals surface area contributed by atoms with Gasteiger partial charge in [-0.2, -0.15) is 13.2 Å². The average molecular weight is 438 g/mol. The Hall–Kier alpha value is -2.79. The molecule has 0 aliphatic carbocycles. The van der Waals surface area contributed by atoms with E-state index >= 15 is 0 Å². The summed E-state index contributed by atoms with van der Waals surface area (Å²) in [6, 6.07) is 8.14. The number of morpholine rings is 1. The molecule has 158 valence electrons. The first-order valence-electron chi connectivity index (χ1n) is 9.09. The standard InChI is InChI=1S/C19H17F3N4O3S/c20-19(21,22)13-3-1-4-14(11-13)26-17(15-5-2-8-29-15)23-24-18(26)30-12-16(27)25-6-9-28-10-7-25/h1-5,8,11H,6-7,9-10,12H2. The van der Waals surface area contributed by atoms with E-state index in [1.54, 1.807) is 17.0 Å². The lowest BCUT2D eigenvalue weighted by atomic mass is 10.2. The minimum Gasteiger partial charge on any atom is -0.461 e. The van der Waals surface area contributed by atoms with Gasteiger partial charge in [0.1, 0.15) is 0 Å². The zero-order valence-corrected chi connectivity index (χ0v) is 16.4. The summed E-state index contributed by atoms with van der Waals surface area (Å²) in [7, 11) is 0. The van der Waals surface area contributed by atoms with Crippen molar-refractivity contribution < 1.29 is 27.1 Å². The Morgan fingerprint density at radius 2 is 1.93 bits per heavy atom. The van der Waals surface area contributed by atoms with Gasteiger partial charge in [-0.1, -0.05) is 17.8 Å². The van der Waals surface area contributed by atoms with Crippen LogP contribution in [0.25, 0.3) is 17.3 Å². The second kappa shape index (κ2) is 8.52. The van der Waals surface area contributed by atoms with Gasteiger partial charge in [-0.25, -0.2) is 0 Å². The molecule has 7 nitrogen and oxygen atoms in total. The maximum absolute atomic E-state index is 13.2. The molecular formula is C19H17F3N4O3S. The molecule has 0 unspecified atom stereocenters. The molecule has 11 heteroatoms. The van der Waals surface area contributed by atoms with Gasteiger partial charge in [0, 0.05) is 13.1 Å². The van der Waals surface area contributed by atoms with Gasteiger partial charge in [0.05, 0.1) is 36.5 Å². The van der Waals surface area contributed by atoms with Gasteiger partial charge < -0.3 is 14.1 Å². The van der Waals surface area contributed by atoms with Crippen molar-refractivity contribution in [2.24, 2.45) is 0 Å². The van der Waals surface area contributed by atoms with Crippen molar-refractivity contribution in [2.75, 3.05) is 32.1 Å². The van der Waals surface area contributed by atoms with Crippen molar-refractivity contribution in [3.63, 3.8) is 0 Å². The van der Waals surface area contributed by atoms with Gasteiger partial charge in [0.15, 0.2) is 10.9 Å². The molecule has 30 heavy (non-hydrogen) atoms. The van der Waals surface area contributed by atoms with E-state index in [1.807, 2.05) is 0 Å². The third-order valence-corrected chi connectivity index (χ3v) is 5.41. The van der Waals surface area contributed by atoms with E-state index in [-0.39, 0.29) is 23.2 Å². The maximum atomic E-state index is 13.2. The first-order valence-corrected chi connectivity index (χ1v) is 10.1. The maximum Gasteiger partial charge on any atom is 0.416 e. The van der Waals surface area contributed by atoms with Gasteiger partial charge in [0.2, 0.25) is 11.7 Å². The van der Waals surface area contributed by atoms with Crippen LogP contribution < -0.4 is 0 Å². The Morgan fingerprint density at radius 1 is 1.13 bits per heavy atom. The van der Waals surface area contributed by atoms with Crippen LogP contribution >= 0.6 is 11.8 Å². The first-order chi connectivity index (χ1) is 14.4. The summed E-state index contributed by atoms with van der Waals surface area (Å²) in [5.74, 6) is 0.586. The molecule has 2 aromatic heterocycles. The van der Waals surface area contributed by atoms with E-state index < -0.39 is 11.7 Å². The SMILES string of the molecule is O=C(CSc1nnc(-c2ccco2)n1-c1cccc(C(F)(F)F)c1)N1CCOCC1. The molecule has 0 saturated carbocycles. The number of hydrogen-bond donors (Lipinski definition) is 0. The van der Waals surface area contributed by atoms with Gasteiger partial charge in [-0.15, -0.1) is 10.2 Å². The second-order valence-electron chi connectivity index (χ2n) is 6.45. The molecule has 0 atom stereocenters. The Kier molecular flexibility index (Phi) is 5.82. The summed E-state index contributed by atoms with van der Waals surface area (Å²) in [6.07, 6.45) is -3.05. The fourth-order valence-electron chi connectivity index (χ4n) is 3.01. The fourth-order valence-corrected chi connectivity index (χ4v) is 3.87. The van der Waals surface area contributed by atoms with Crippen molar-refractivity contribution in [3.8, 4) is 17.3 Å². The number of benzene rings is 1. The fraction of sp³-hybridized carbons (Fsp3) is 0.316. The second-order valence-corrected chi connectivity index (χ2v) is 7.39. The van der Waals surface area contributed by atoms with Crippen molar-refractivity contribution in [2.45, 2.75) is 11.3 Å². The molecule has 1 aliphatic heterocycles. The number of hydrogen-bond acceptors (Lipinski definition) is 6. The van der Waals surface area contributed by atoms with Gasteiger partial charge in [-0.3, -0.25) is 9.36 Å². The third-order valence-electron chi connectivity index (χ3n) is 4.50. The largest absolute Gasteiger partial charge is 0.461 e. The molecule has 1 aliphatic rings. The third kappa shape index (κ3) is 4.36. The molecule has 1 aromatic carbocycles. The van der Waals surface area contributed by atoms with Gasteiger partial charge in [-0.05, 0) is 30.3 Å². The molecule has 0 spiro atoms. The highest BCUT2D eigenvalue weighted by Gasteiger charge is 2.31. The number of halogens is 3. The summed E-state index contributed by atoms with van der Waals surface area (Å²) in [5.41, 5.74) is -0.568. The number of carbonyl (C=O) groups is 1. The van der Waals surface area contributed by atoms with Crippen LogP contribution in [0.1, 0.15) is 5.56 Å². The Balaban J connectivity index is 1.66. The number of aromatic nitrogens is 3. The summed E-state index contributed by atoms with van der Waals surface area (Å²) < 4.78 is 51.7. The van der Waals surface area contributed by atoms with E-state index in [0.29, 0.717) is 37.2 Å². The van der Waals surface area contributed by atoms with Crippen LogP contribution in [0.15, 0.2) is 52.2 Å². The van der Waals surface area contributed by atoms with Crippen LogP contribution in [-0.4, -0.2) is 57.6 Å². The molecule has 1 amide bonds. The Labute approximate surface area is 173 Å². The Morgan fingerprint density at radius 3 is 2.63 bits per heavy atom. The van der Waals surface area contributed by atoms with Crippen LogP contribution in [0.3, 0.4) is 0 Å². The molecule has 1 fully saturated rings. The van der Waals surface area contributed by atoms with Crippen molar-refractivity contribution in [1.29, 1.82) is 0 Å². The van der Waals surface area contributed by atoms with E-state index in [9.17, 15) is 18.0 Å². The monoisotopic (exact) mass is 438 g/mol. The van der Waals surface area contributed by atoms with Gasteiger partial charge in [0.25, 0.3) is 0 Å². The lowest BCUT2D eigenvalue weighted by Crippen LogP contribution is -2.41. The molecule has 1 saturated heterocycles. The minimum atomic E-state index is -4.49. The minimum absolute atomic E-state index is 0.0786. The van der Waals surface area contributed by atoms with Crippen molar-refractivity contribution >= 4 is 17.7 Å². The van der Waals surface area contributed by atoms with Crippen LogP contribution in [0, 0.1) is 0 Å². The number of carbonyl (C=O) groups excluding carboxylic acids is 1. The summed E-state index contributed by atoms with van der Waals surface area (Å²) in [5, 5.41) is 8.48. The molecular weight excluding hydrogens is 421 g/mol. The number of furan rings is 1. The predicted molar refractivity (Wildman–Crippen MR) is 102 cm³/mol. The molecule has 0 N–H and O–H groups in total. The highest BCUT2D eigenvalue weighted by atomic mass is 32.2. The molecule has 0 bridgehead atoms. The summed E-state index contributed by atoms with van der Waals surface area (Å²) in [4.78, 5) is 14.2. The topological polar surface area (TPSA) is 73.4 Å². The van der Waals surface area contributed by atoms with Crippen LogP contribution in [0.4, 0.5) is 13.2 Å². The quantitative estimate of drug-likeness (QED) is 0.568. The number of nitrogens with zero attached hydrogens (tertiary/aromatic N) is 4. The zero-order chi connectivity index (χ0) is 21.1. The summed E-state index contributed by atoms with van der Waals surface area (Å²) >= 11 is 1.11. The van der Waals surface area contributed by atoms with Gasteiger partial charge >= 0.3 is 6.18 Å². The number of amides is 1. The Bertz CT molecular complexity index is 1010. The summed E-state index contributed by atoms with van der Waals surface area (Å²) in [6.45, 7) is 1.99. The number of alkyl halides is 3. The predicted octanol–water partition coefficient (Wildman–Crippen LogP) is 3.50. The molecule has 0 radical (unpaired) electrons. The highest BCUT2D eigenvalue weighted by Crippen LogP contribution is 2.33. The van der Waals surface area contributed by atoms with Crippen molar-refractivity contribution in [1.82, 2.24) is 19.7 Å². The average Bonchev–Trinajstić information content (AvgIpc) is 3.42. The molecule has 4 rings (SSSR count).